The van der Waals surface area contributed by atoms with Gasteiger partial charge in [-0.3, -0.25) is 0 Å². The van der Waals surface area contributed by atoms with Crippen molar-refractivity contribution in [1.82, 2.24) is 0 Å². The zero-order chi connectivity index (χ0) is 11.1. The van der Waals surface area contributed by atoms with Crippen LogP contribution in [0, 0.1) is 0 Å². The summed E-state index contributed by atoms with van der Waals surface area (Å²) in [4.78, 5) is 15.0. The molecule has 0 fully saturated rings. The quantitative estimate of drug-likeness (QED) is 0.326. The Kier molecular flexibility index (Phi) is 6.25. The first-order valence-electron chi connectivity index (χ1n) is 3.91. The minimum atomic E-state index is -0.561. The van der Waals surface area contributed by atoms with Crippen molar-refractivity contribution >= 4 is 34.3 Å². The largest absolute Gasteiger partial charge is 0.462 e. The molecule has 0 atom stereocenters. The van der Waals surface area contributed by atoms with Crippen molar-refractivity contribution in [3.05, 3.63) is 23.4 Å². The zero-order valence-corrected chi connectivity index (χ0v) is 9.52. The van der Waals surface area contributed by atoms with Crippen LogP contribution < -0.4 is 0 Å². The Labute approximate surface area is 93.1 Å². The molecule has 0 amide bonds. The van der Waals surface area contributed by atoms with Crippen LogP contribution in [0.3, 0.4) is 0 Å². The molecule has 0 saturated heterocycles. The van der Waals surface area contributed by atoms with Gasteiger partial charge in [0.05, 0.1) is 12.2 Å². The van der Waals surface area contributed by atoms with Crippen molar-refractivity contribution < 1.29 is 9.53 Å². The van der Waals surface area contributed by atoms with Crippen molar-refractivity contribution in [3.8, 4) is 0 Å². The first kappa shape index (κ1) is 13.2. The van der Waals surface area contributed by atoms with Gasteiger partial charge >= 0.3 is 5.97 Å². The summed E-state index contributed by atoms with van der Waals surface area (Å²) >= 11 is 11.1. The highest BCUT2D eigenvalue weighted by atomic mass is 35.5. The average molecular weight is 236 g/mol. The number of hydrogen-bond acceptors (Lipinski definition) is 3. The van der Waals surface area contributed by atoms with Gasteiger partial charge in [0, 0.05) is 11.2 Å². The summed E-state index contributed by atoms with van der Waals surface area (Å²) in [5.41, 5.74) is 0.105. The Bertz CT molecular complexity index is 291. The molecule has 0 saturated carbocycles. The molecule has 5 heteroatoms. The van der Waals surface area contributed by atoms with Crippen LogP contribution >= 0.6 is 23.2 Å². The lowest BCUT2D eigenvalue weighted by atomic mass is 10.3. The molecule has 78 valence electrons. The van der Waals surface area contributed by atoms with E-state index < -0.39 is 5.97 Å². The molecule has 3 nitrogen and oxygen atoms in total. The Balaban J connectivity index is 4.77. The van der Waals surface area contributed by atoms with Crippen LogP contribution in [0.5, 0.6) is 0 Å². The fourth-order valence-corrected chi connectivity index (χ4v) is 0.771. The first-order chi connectivity index (χ1) is 6.49. The highest BCUT2D eigenvalue weighted by Gasteiger charge is 2.12. The van der Waals surface area contributed by atoms with E-state index in [4.69, 9.17) is 27.9 Å². The van der Waals surface area contributed by atoms with E-state index in [1.807, 2.05) is 0 Å². The third kappa shape index (κ3) is 5.04. The fraction of sp³-hybridized carbons (Fsp3) is 0.333. The Morgan fingerprint density at radius 2 is 2.14 bits per heavy atom. The zero-order valence-electron chi connectivity index (χ0n) is 8.01. The van der Waals surface area contributed by atoms with Gasteiger partial charge in [0.1, 0.15) is 5.17 Å². The number of hydrogen-bond donors (Lipinski definition) is 0. The SMILES string of the molecule is C=C(Cl)/C(=C\N=C(C)Cl)C(=O)OCC. The summed E-state index contributed by atoms with van der Waals surface area (Å²) in [6.45, 7) is 6.97. The summed E-state index contributed by atoms with van der Waals surface area (Å²) in [7, 11) is 0. The van der Waals surface area contributed by atoms with Gasteiger partial charge in [-0.05, 0) is 13.8 Å². The molecule has 0 aliphatic rings. The molecule has 0 bridgehead atoms. The molecule has 0 aliphatic carbocycles. The van der Waals surface area contributed by atoms with Gasteiger partial charge in [-0.25, -0.2) is 9.79 Å². The monoisotopic (exact) mass is 235 g/mol. The van der Waals surface area contributed by atoms with Gasteiger partial charge in [-0.15, -0.1) is 0 Å². The highest BCUT2D eigenvalue weighted by Crippen LogP contribution is 2.14. The highest BCUT2D eigenvalue weighted by molar-refractivity contribution is 6.64. The minimum Gasteiger partial charge on any atom is -0.462 e. The predicted octanol–water partition coefficient (Wildman–Crippen LogP) is 2.84. The average Bonchev–Trinajstić information content (AvgIpc) is 2.03. The first-order valence-corrected chi connectivity index (χ1v) is 4.66. The van der Waals surface area contributed by atoms with E-state index >= 15 is 0 Å². The molecule has 0 heterocycles. The molecular formula is C9H11Cl2NO2. The maximum Gasteiger partial charge on any atom is 0.341 e. The van der Waals surface area contributed by atoms with Gasteiger partial charge in [0.15, 0.2) is 0 Å². The summed E-state index contributed by atoms with van der Waals surface area (Å²) in [5, 5.41) is 0.370. The van der Waals surface area contributed by atoms with Crippen molar-refractivity contribution in [2.75, 3.05) is 6.61 Å². The van der Waals surface area contributed by atoms with Crippen molar-refractivity contribution in [3.63, 3.8) is 0 Å². The Morgan fingerprint density at radius 3 is 2.50 bits per heavy atom. The predicted molar refractivity (Wildman–Crippen MR) is 58.7 cm³/mol. The Hall–Kier alpha value is -0.800. The van der Waals surface area contributed by atoms with E-state index in [2.05, 4.69) is 11.6 Å². The van der Waals surface area contributed by atoms with Crippen molar-refractivity contribution in [1.29, 1.82) is 0 Å². The molecule has 0 aromatic carbocycles. The van der Waals surface area contributed by atoms with Crippen LogP contribution in [-0.4, -0.2) is 17.7 Å². The van der Waals surface area contributed by atoms with Crippen LogP contribution in [0.15, 0.2) is 28.4 Å². The third-order valence-corrected chi connectivity index (χ3v) is 1.46. The van der Waals surface area contributed by atoms with Crippen LogP contribution in [0.4, 0.5) is 0 Å². The molecule has 0 radical (unpaired) electrons. The van der Waals surface area contributed by atoms with Gasteiger partial charge in [-0.1, -0.05) is 29.8 Å². The Morgan fingerprint density at radius 1 is 1.57 bits per heavy atom. The van der Waals surface area contributed by atoms with Crippen LogP contribution in [0.25, 0.3) is 0 Å². The molecule has 0 spiro atoms. The molecule has 14 heavy (non-hydrogen) atoms. The lowest BCUT2D eigenvalue weighted by Crippen LogP contribution is -2.07. The molecule has 0 unspecified atom stereocenters. The molecule has 0 aromatic rings. The number of nitrogens with zero attached hydrogens (tertiary/aromatic N) is 1. The minimum absolute atomic E-state index is 0.0742. The van der Waals surface area contributed by atoms with Gasteiger partial charge in [-0.2, -0.15) is 0 Å². The molecule has 0 N–H and O–H groups in total. The standard InChI is InChI=1S/C9H11Cl2NO2/c1-4-14-9(13)8(6(2)10)5-12-7(3)11/h5H,2,4H2,1,3H3/b8-5+,12-7?. The molecular weight excluding hydrogens is 225 g/mol. The third-order valence-electron chi connectivity index (χ3n) is 1.16. The number of carbonyl (C=O) groups excluding carboxylic acids is 1. The van der Waals surface area contributed by atoms with E-state index in [-0.39, 0.29) is 17.2 Å². The maximum absolute atomic E-state index is 11.2. The number of rotatable bonds is 4. The van der Waals surface area contributed by atoms with Crippen LogP contribution in [0.1, 0.15) is 13.8 Å². The number of carbonyl (C=O) groups is 1. The molecule has 0 aromatic heterocycles. The van der Waals surface area contributed by atoms with E-state index in [9.17, 15) is 4.79 Å². The normalized spacial score (nSPS) is 12.6. The topological polar surface area (TPSA) is 38.7 Å². The van der Waals surface area contributed by atoms with E-state index in [0.29, 0.717) is 5.17 Å². The smallest absolute Gasteiger partial charge is 0.341 e. The van der Waals surface area contributed by atoms with Crippen LogP contribution in [-0.2, 0) is 9.53 Å². The second-order valence-corrected chi connectivity index (χ2v) is 3.30. The summed E-state index contributed by atoms with van der Waals surface area (Å²) < 4.78 is 4.73. The van der Waals surface area contributed by atoms with Crippen LogP contribution in [0.2, 0.25) is 0 Å². The number of halogens is 2. The summed E-state index contributed by atoms with van der Waals surface area (Å²) in [6, 6.07) is 0. The molecule has 0 rings (SSSR count). The van der Waals surface area contributed by atoms with Gasteiger partial charge < -0.3 is 4.74 Å². The van der Waals surface area contributed by atoms with Gasteiger partial charge in [0.25, 0.3) is 0 Å². The molecule has 0 aliphatic heterocycles. The maximum atomic E-state index is 11.2. The lowest BCUT2D eigenvalue weighted by molar-refractivity contribution is -0.138. The summed E-state index contributed by atoms with van der Waals surface area (Å²) in [6.07, 6.45) is 1.23. The second kappa shape index (κ2) is 6.62. The van der Waals surface area contributed by atoms with E-state index in [0.717, 1.165) is 0 Å². The van der Waals surface area contributed by atoms with E-state index in [1.54, 1.807) is 13.8 Å². The van der Waals surface area contributed by atoms with Crippen molar-refractivity contribution in [2.24, 2.45) is 4.99 Å². The number of ether oxygens (including phenoxy) is 1. The van der Waals surface area contributed by atoms with Gasteiger partial charge in [0.2, 0.25) is 0 Å². The number of esters is 1. The van der Waals surface area contributed by atoms with E-state index in [1.165, 1.54) is 6.20 Å². The number of aliphatic imine (C=N–C) groups is 1. The summed E-state index contributed by atoms with van der Waals surface area (Å²) in [5.74, 6) is -0.561. The van der Waals surface area contributed by atoms with Crippen molar-refractivity contribution in [2.45, 2.75) is 13.8 Å². The lowest BCUT2D eigenvalue weighted by Gasteiger charge is -2.02. The second-order valence-electron chi connectivity index (χ2n) is 2.29. The fourth-order valence-electron chi connectivity index (χ4n) is 0.596.